The van der Waals surface area contributed by atoms with Crippen LogP contribution in [-0.4, -0.2) is 36.4 Å². The van der Waals surface area contributed by atoms with Gasteiger partial charge in [0.2, 0.25) is 0 Å². The zero-order valence-electron chi connectivity index (χ0n) is 14.9. The topological polar surface area (TPSA) is 94.1 Å². The van der Waals surface area contributed by atoms with Crippen molar-refractivity contribution in [1.29, 1.82) is 0 Å². The van der Waals surface area contributed by atoms with E-state index in [1.807, 2.05) is 0 Å². The Morgan fingerprint density at radius 2 is 1.96 bits per heavy atom. The SMILES string of the molecule is CCOC(=O)CC(C)=NC(=O)Nc1cc(C(=O)OC(C)C)c(Cl)cc1F. The second-order valence-corrected chi connectivity index (χ2v) is 5.93. The van der Waals surface area contributed by atoms with Gasteiger partial charge in [-0.1, -0.05) is 11.6 Å². The van der Waals surface area contributed by atoms with Crippen molar-refractivity contribution >= 4 is 41.0 Å². The molecule has 0 aliphatic carbocycles. The van der Waals surface area contributed by atoms with Crippen LogP contribution < -0.4 is 5.32 Å². The summed E-state index contributed by atoms with van der Waals surface area (Å²) in [7, 11) is 0. The first kappa shape index (κ1) is 21.6. The summed E-state index contributed by atoms with van der Waals surface area (Å²) in [5.74, 6) is -2.12. The van der Waals surface area contributed by atoms with E-state index in [-0.39, 0.29) is 35.0 Å². The van der Waals surface area contributed by atoms with Gasteiger partial charge < -0.3 is 14.8 Å². The van der Waals surface area contributed by atoms with Crippen molar-refractivity contribution in [3.63, 3.8) is 0 Å². The molecule has 0 unspecified atom stereocenters. The monoisotopic (exact) mass is 386 g/mol. The highest BCUT2D eigenvalue weighted by Gasteiger charge is 2.18. The Kier molecular flexibility index (Phi) is 8.18. The Bertz CT molecular complexity index is 734. The average Bonchev–Trinajstić information content (AvgIpc) is 2.48. The van der Waals surface area contributed by atoms with Gasteiger partial charge in [-0.3, -0.25) is 4.79 Å². The largest absolute Gasteiger partial charge is 0.466 e. The van der Waals surface area contributed by atoms with Gasteiger partial charge in [-0.15, -0.1) is 0 Å². The number of esters is 2. The van der Waals surface area contributed by atoms with Gasteiger partial charge in [-0.2, -0.15) is 0 Å². The molecule has 2 amide bonds. The Balaban J connectivity index is 2.93. The molecule has 0 radical (unpaired) electrons. The summed E-state index contributed by atoms with van der Waals surface area (Å²) >= 11 is 5.86. The minimum absolute atomic E-state index is 0.0932. The third-order valence-electron chi connectivity index (χ3n) is 2.86. The second-order valence-electron chi connectivity index (χ2n) is 5.52. The number of carbonyl (C=O) groups is 3. The van der Waals surface area contributed by atoms with Crippen molar-refractivity contribution in [3.8, 4) is 0 Å². The lowest BCUT2D eigenvalue weighted by Gasteiger charge is -2.11. The van der Waals surface area contributed by atoms with E-state index in [4.69, 9.17) is 21.1 Å². The molecule has 9 heteroatoms. The van der Waals surface area contributed by atoms with Crippen LogP contribution in [0, 0.1) is 5.82 Å². The van der Waals surface area contributed by atoms with Gasteiger partial charge in [0.1, 0.15) is 5.82 Å². The van der Waals surface area contributed by atoms with E-state index in [0.29, 0.717) is 0 Å². The normalized spacial score (nSPS) is 11.3. The summed E-state index contributed by atoms with van der Waals surface area (Å²) in [6.07, 6.45) is -0.562. The maximum atomic E-state index is 14.0. The molecule has 0 bridgehead atoms. The van der Waals surface area contributed by atoms with Gasteiger partial charge in [0.25, 0.3) is 0 Å². The van der Waals surface area contributed by atoms with E-state index in [0.717, 1.165) is 12.1 Å². The van der Waals surface area contributed by atoms with Crippen molar-refractivity contribution in [2.75, 3.05) is 11.9 Å². The molecule has 0 saturated carbocycles. The van der Waals surface area contributed by atoms with E-state index >= 15 is 0 Å². The number of carbonyl (C=O) groups excluding carboxylic acids is 3. The van der Waals surface area contributed by atoms with E-state index in [9.17, 15) is 18.8 Å². The van der Waals surface area contributed by atoms with Crippen LogP contribution in [0.1, 0.15) is 44.5 Å². The summed E-state index contributed by atoms with van der Waals surface area (Å²) in [4.78, 5) is 38.8. The number of aliphatic imine (C=N–C) groups is 1. The molecule has 26 heavy (non-hydrogen) atoms. The third kappa shape index (κ3) is 6.79. The minimum Gasteiger partial charge on any atom is -0.466 e. The number of hydrogen-bond donors (Lipinski definition) is 1. The van der Waals surface area contributed by atoms with Crippen LogP contribution in [0.5, 0.6) is 0 Å². The Hall–Kier alpha value is -2.48. The molecule has 0 aliphatic rings. The van der Waals surface area contributed by atoms with Crippen LogP contribution in [0.4, 0.5) is 14.9 Å². The molecule has 0 aromatic heterocycles. The van der Waals surface area contributed by atoms with Gasteiger partial charge >= 0.3 is 18.0 Å². The molecule has 0 saturated heterocycles. The number of halogens is 2. The van der Waals surface area contributed by atoms with Gasteiger partial charge in [0.15, 0.2) is 0 Å². The van der Waals surface area contributed by atoms with Crippen LogP contribution in [0.25, 0.3) is 0 Å². The van der Waals surface area contributed by atoms with Crippen LogP contribution in [0.2, 0.25) is 5.02 Å². The van der Waals surface area contributed by atoms with Gasteiger partial charge in [0.05, 0.1) is 35.4 Å². The standard InChI is InChI=1S/C17H20ClFN2O5/c1-5-25-15(22)6-10(4)20-17(24)21-14-7-11(12(18)8-13(14)19)16(23)26-9(2)3/h7-9H,5-6H2,1-4H3,(H,21,24). The van der Waals surface area contributed by atoms with Crippen molar-refractivity contribution in [3.05, 3.63) is 28.5 Å². The molecular formula is C17H20ClFN2O5. The first-order valence-electron chi connectivity index (χ1n) is 7.84. The highest BCUT2D eigenvalue weighted by molar-refractivity contribution is 6.33. The molecule has 1 aromatic carbocycles. The van der Waals surface area contributed by atoms with E-state index in [1.165, 1.54) is 6.92 Å². The maximum absolute atomic E-state index is 14.0. The van der Waals surface area contributed by atoms with Gasteiger partial charge in [-0.25, -0.2) is 19.0 Å². The lowest BCUT2D eigenvalue weighted by molar-refractivity contribution is -0.141. The number of urea groups is 1. The highest BCUT2D eigenvalue weighted by atomic mass is 35.5. The Labute approximate surface area is 155 Å². The zero-order chi connectivity index (χ0) is 19.9. The molecule has 0 spiro atoms. The van der Waals surface area contributed by atoms with E-state index in [1.54, 1.807) is 20.8 Å². The molecule has 0 heterocycles. The zero-order valence-corrected chi connectivity index (χ0v) is 15.6. The first-order chi connectivity index (χ1) is 12.1. The summed E-state index contributed by atoms with van der Waals surface area (Å²) in [5, 5.41) is 2.06. The molecular weight excluding hydrogens is 367 g/mol. The van der Waals surface area contributed by atoms with Crippen LogP contribution in [0.15, 0.2) is 17.1 Å². The van der Waals surface area contributed by atoms with Gasteiger partial charge in [0, 0.05) is 5.71 Å². The van der Waals surface area contributed by atoms with Crippen molar-refractivity contribution < 1.29 is 28.2 Å². The predicted molar refractivity (Wildman–Crippen MR) is 95.3 cm³/mol. The summed E-state index contributed by atoms with van der Waals surface area (Å²) in [5.41, 5.74) is -0.193. The molecule has 0 atom stereocenters. The number of amides is 2. The summed E-state index contributed by atoms with van der Waals surface area (Å²) in [6.45, 7) is 6.63. The molecule has 0 fully saturated rings. The Morgan fingerprint density at radius 3 is 2.54 bits per heavy atom. The quantitative estimate of drug-likeness (QED) is 0.589. The number of nitrogens with one attached hydrogen (secondary N) is 1. The fourth-order valence-electron chi connectivity index (χ4n) is 1.86. The van der Waals surface area contributed by atoms with E-state index in [2.05, 4.69) is 10.3 Å². The van der Waals surface area contributed by atoms with Crippen LogP contribution in [-0.2, 0) is 14.3 Å². The lowest BCUT2D eigenvalue weighted by atomic mass is 10.2. The summed E-state index contributed by atoms with van der Waals surface area (Å²) in [6, 6.07) is 1.05. The van der Waals surface area contributed by atoms with Crippen LogP contribution >= 0.6 is 11.6 Å². The number of rotatable bonds is 6. The number of benzene rings is 1. The number of nitrogens with zero attached hydrogens (tertiary/aromatic N) is 1. The fraction of sp³-hybridized carbons (Fsp3) is 0.412. The highest BCUT2D eigenvalue weighted by Crippen LogP contribution is 2.25. The molecule has 1 N–H and O–H groups in total. The van der Waals surface area contributed by atoms with E-state index < -0.39 is 29.9 Å². The molecule has 1 rings (SSSR count). The maximum Gasteiger partial charge on any atom is 0.345 e. The number of hydrogen-bond acceptors (Lipinski definition) is 5. The minimum atomic E-state index is -0.906. The van der Waals surface area contributed by atoms with Gasteiger partial charge in [-0.05, 0) is 39.8 Å². The smallest absolute Gasteiger partial charge is 0.345 e. The molecule has 1 aromatic rings. The average molecular weight is 387 g/mol. The second kappa shape index (κ2) is 9.86. The molecule has 142 valence electrons. The molecule has 0 aliphatic heterocycles. The number of ether oxygens (including phenoxy) is 2. The van der Waals surface area contributed by atoms with Crippen molar-refractivity contribution in [2.45, 2.75) is 40.2 Å². The first-order valence-corrected chi connectivity index (χ1v) is 8.22. The van der Waals surface area contributed by atoms with Crippen LogP contribution in [0.3, 0.4) is 0 Å². The lowest BCUT2D eigenvalue weighted by Crippen LogP contribution is -2.15. The molecule has 7 nitrogen and oxygen atoms in total. The number of anilines is 1. The third-order valence-corrected chi connectivity index (χ3v) is 3.17. The summed E-state index contributed by atoms with van der Waals surface area (Å²) < 4.78 is 23.7. The fourth-order valence-corrected chi connectivity index (χ4v) is 2.08. The Morgan fingerprint density at radius 1 is 1.31 bits per heavy atom. The predicted octanol–water partition coefficient (Wildman–Crippen LogP) is 3.99. The van der Waals surface area contributed by atoms with Crippen molar-refractivity contribution in [1.82, 2.24) is 0 Å². The van der Waals surface area contributed by atoms with Crippen molar-refractivity contribution in [2.24, 2.45) is 4.99 Å².